The third-order valence-corrected chi connectivity index (χ3v) is 4.09. The first-order valence-corrected chi connectivity index (χ1v) is 7.02. The van der Waals surface area contributed by atoms with Crippen LogP contribution in [0.25, 0.3) is 0 Å². The maximum atomic E-state index is 11.5. The molecule has 0 unspecified atom stereocenters. The average molecular weight is 276 g/mol. The topological polar surface area (TPSA) is 57.7 Å². The van der Waals surface area contributed by atoms with Gasteiger partial charge < -0.3 is 15.0 Å². The minimum atomic E-state index is -0.383. The summed E-state index contributed by atoms with van der Waals surface area (Å²) in [7, 11) is 1.38. The van der Waals surface area contributed by atoms with Crippen LogP contribution in [0, 0.1) is 0 Å². The lowest BCUT2D eigenvalue weighted by Crippen LogP contribution is -2.61. The Bertz CT molecular complexity index is 482. The molecule has 2 saturated heterocycles. The third-order valence-electron chi connectivity index (χ3n) is 4.09. The van der Waals surface area contributed by atoms with Crippen LogP contribution in [0.15, 0.2) is 18.3 Å². The Morgan fingerprint density at radius 1 is 1.35 bits per heavy atom. The molecule has 0 aliphatic carbocycles. The molecule has 20 heavy (non-hydrogen) atoms. The minimum absolute atomic E-state index is 0.371. The summed E-state index contributed by atoms with van der Waals surface area (Å²) in [6.45, 7) is 6.34. The fourth-order valence-electron chi connectivity index (χ4n) is 2.71. The highest BCUT2D eigenvalue weighted by molar-refractivity contribution is 5.88. The second kappa shape index (κ2) is 5.76. The zero-order valence-corrected chi connectivity index (χ0v) is 11.7. The van der Waals surface area contributed by atoms with E-state index in [4.69, 9.17) is 4.74 Å². The van der Waals surface area contributed by atoms with Crippen LogP contribution in [0.5, 0.6) is 0 Å². The molecule has 0 aromatic carbocycles. The predicted octanol–water partition coefficient (Wildman–Crippen LogP) is -0.0380. The van der Waals surface area contributed by atoms with Crippen molar-refractivity contribution in [1.29, 1.82) is 0 Å². The molecule has 0 amide bonds. The number of aromatic nitrogens is 1. The molecule has 0 atom stereocenters. The first-order valence-electron chi connectivity index (χ1n) is 7.02. The van der Waals surface area contributed by atoms with Gasteiger partial charge in [-0.2, -0.15) is 0 Å². The monoisotopic (exact) mass is 276 g/mol. The number of esters is 1. The quantitative estimate of drug-likeness (QED) is 0.782. The van der Waals surface area contributed by atoms with Gasteiger partial charge >= 0.3 is 5.97 Å². The van der Waals surface area contributed by atoms with Gasteiger partial charge in [-0.25, -0.2) is 9.78 Å². The Balaban J connectivity index is 1.63. The number of anilines is 1. The summed E-state index contributed by atoms with van der Waals surface area (Å²) in [5, 5.41) is 3.31. The number of nitrogens with zero attached hydrogens (tertiary/aromatic N) is 3. The molecular formula is C14H20N4O2. The fraction of sp³-hybridized carbons (Fsp3) is 0.571. The Morgan fingerprint density at radius 2 is 2.10 bits per heavy atom. The lowest BCUT2D eigenvalue weighted by Gasteiger charge is -2.43. The molecule has 6 nitrogen and oxygen atoms in total. The van der Waals surface area contributed by atoms with Crippen LogP contribution in [-0.2, 0) is 4.74 Å². The van der Waals surface area contributed by atoms with Crippen LogP contribution in [0.4, 0.5) is 5.69 Å². The van der Waals surface area contributed by atoms with E-state index in [9.17, 15) is 4.79 Å². The maximum Gasteiger partial charge on any atom is 0.356 e. The van der Waals surface area contributed by atoms with Crippen molar-refractivity contribution in [1.82, 2.24) is 15.2 Å². The summed E-state index contributed by atoms with van der Waals surface area (Å²) in [4.78, 5) is 20.4. The molecule has 2 fully saturated rings. The van der Waals surface area contributed by atoms with Gasteiger partial charge in [0.25, 0.3) is 0 Å². The van der Waals surface area contributed by atoms with Crippen molar-refractivity contribution >= 4 is 11.7 Å². The van der Waals surface area contributed by atoms with Gasteiger partial charge in [-0.1, -0.05) is 0 Å². The molecular weight excluding hydrogens is 256 g/mol. The van der Waals surface area contributed by atoms with Crippen LogP contribution < -0.4 is 10.2 Å². The van der Waals surface area contributed by atoms with Crippen LogP contribution >= 0.6 is 0 Å². The van der Waals surface area contributed by atoms with E-state index in [0.717, 1.165) is 45.0 Å². The molecule has 0 spiro atoms. The van der Waals surface area contributed by atoms with Gasteiger partial charge in [-0.05, 0) is 12.1 Å². The smallest absolute Gasteiger partial charge is 0.356 e. The molecule has 1 N–H and O–H groups in total. The third kappa shape index (κ3) is 2.62. The van der Waals surface area contributed by atoms with Crippen molar-refractivity contribution in [3.63, 3.8) is 0 Å². The van der Waals surface area contributed by atoms with Crippen LogP contribution in [-0.4, -0.2) is 68.3 Å². The van der Waals surface area contributed by atoms with Gasteiger partial charge in [0.15, 0.2) is 0 Å². The van der Waals surface area contributed by atoms with Crippen LogP contribution in [0.3, 0.4) is 0 Å². The molecule has 2 aliphatic heterocycles. The number of ether oxygens (including phenoxy) is 1. The Morgan fingerprint density at radius 3 is 2.70 bits per heavy atom. The van der Waals surface area contributed by atoms with Gasteiger partial charge in [0.05, 0.1) is 7.11 Å². The fourth-order valence-corrected chi connectivity index (χ4v) is 2.71. The van der Waals surface area contributed by atoms with Crippen LogP contribution in [0.2, 0.25) is 0 Å². The lowest BCUT2D eigenvalue weighted by atomic mass is 10.1. The number of methoxy groups -OCH3 is 1. The zero-order valence-electron chi connectivity index (χ0n) is 11.7. The standard InChI is InChI=1S/C14H20N4O2/c1-20-14(19)13-8-11(2-3-16-13)17-4-6-18(7-5-17)12-9-15-10-12/h2-3,8,12,15H,4-7,9-10H2,1H3. The van der Waals surface area contributed by atoms with Crippen molar-refractivity contribution in [2.75, 3.05) is 51.3 Å². The summed E-state index contributed by atoms with van der Waals surface area (Å²) in [6, 6.07) is 4.47. The molecule has 1 aromatic heterocycles. The van der Waals surface area contributed by atoms with E-state index in [0.29, 0.717) is 11.7 Å². The first-order chi connectivity index (χ1) is 9.78. The number of hydrogen-bond acceptors (Lipinski definition) is 6. The van der Waals surface area contributed by atoms with E-state index in [1.165, 1.54) is 7.11 Å². The van der Waals surface area contributed by atoms with E-state index in [-0.39, 0.29) is 5.97 Å². The molecule has 6 heteroatoms. The van der Waals surface area contributed by atoms with Crippen molar-refractivity contribution in [3.05, 3.63) is 24.0 Å². The number of piperazine rings is 1. The van der Waals surface area contributed by atoms with E-state index in [2.05, 4.69) is 20.1 Å². The number of carbonyl (C=O) groups excluding carboxylic acids is 1. The highest BCUT2D eigenvalue weighted by atomic mass is 16.5. The molecule has 108 valence electrons. The minimum Gasteiger partial charge on any atom is -0.464 e. The highest BCUT2D eigenvalue weighted by Crippen LogP contribution is 2.18. The predicted molar refractivity (Wildman–Crippen MR) is 76.0 cm³/mol. The summed E-state index contributed by atoms with van der Waals surface area (Å²) < 4.78 is 4.71. The number of pyridine rings is 1. The Labute approximate surface area is 118 Å². The SMILES string of the molecule is COC(=O)c1cc(N2CCN(C3CNC3)CC2)ccn1. The van der Waals surface area contributed by atoms with E-state index < -0.39 is 0 Å². The zero-order chi connectivity index (χ0) is 13.9. The molecule has 3 rings (SSSR count). The van der Waals surface area contributed by atoms with Crippen molar-refractivity contribution in [2.24, 2.45) is 0 Å². The van der Waals surface area contributed by atoms with Gasteiger partial charge in [-0.3, -0.25) is 4.90 Å². The summed E-state index contributed by atoms with van der Waals surface area (Å²) in [5.41, 5.74) is 1.42. The number of rotatable bonds is 3. The van der Waals surface area contributed by atoms with Crippen molar-refractivity contribution in [3.8, 4) is 0 Å². The summed E-state index contributed by atoms with van der Waals surface area (Å²) in [6.07, 6.45) is 1.67. The molecule has 2 aliphatic rings. The van der Waals surface area contributed by atoms with Crippen molar-refractivity contribution < 1.29 is 9.53 Å². The largest absolute Gasteiger partial charge is 0.464 e. The van der Waals surface area contributed by atoms with E-state index in [1.807, 2.05) is 12.1 Å². The van der Waals surface area contributed by atoms with Gasteiger partial charge in [0.1, 0.15) is 5.69 Å². The Hall–Kier alpha value is -1.66. The second-order valence-electron chi connectivity index (χ2n) is 5.23. The average Bonchev–Trinajstić information content (AvgIpc) is 2.45. The molecule has 3 heterocycles. The van der Waals surface area contributed by atoms with Crippen molar-refractivity contribution in [2.45, 2.75) is 6.04 Å². The molecule has 0 saturated carbocycles. The normalized spacial score (nSPS) is 20.6. The summed E-state index contributed by atoms with van der Waals surface area (Å²) >= 11 is 0. The molecule has 0 bridgehead atoms. The number of nitrogens with one attached hydrogen (secondary N) is 1. The first kappa shape index (κ1) is 13.3. The van der Waals surface area contributed by atoms with E-state index >= 15 is 0 Å². The lowest BCUT2D eigenvalue weighted by molar-refractivity contribution is 0.0594. The van der Waals surface area contributed by atoms with Crippen LogP contribution in [0.1, 0.15) is 10.5 Å². The number of hydrogen-bond donors (Lipinski definition) is 1. The molecule has 0 radical (unpaired) electrons. The Kier molecular flexibility index (Phi) is 3.84. The number of carbonyl (C=O) groups is 1. The van der Waals surface area contributed by atoms with Gasteiger partial charge in [-0.15, -0.1) is 0 Å². The maximum absolute atomic E-state index is 11.5. The summed E-state index contributed by atoms with van der Waals surface area (Å²) in [5.74, 6) is -0.383. The van der Waals surface area contributed by atoms with E-state index in [1.54, 1.807) is 6.20 Å². The molecule has 1 aromatic rings. The highest BCUT2D eigenvalue weighted by Gasteiger charge is 2.27. The van der Waals surface area contributed by atoms with Gasteiger partial charge in [0.2, 0.25) is 0 Å². The second-order valence-corrected chi connectivity index (χ2v) is 5.23. The van der Waals surface area contributed by atoms with Gasteiger partial charge in [0, 0.05) is 57.2 Å².